The van der Waals surface area contributed by atoms with E-state index in [1.165, 1.54) is 6.92 Å². The summed E-state index contributed by atoms with van der Waals surface area (Å²) in [7, 11) is 0. The summed E-state index contributed by atoms with van der Waals surface area (Å²) in [4.78, 5) is 24.3. The van der Waals surface area contributed by atoms with Crippen LogP contribution in [0.15, 0.2) is 30.3 Å². The van der Waals surface area contributed by atoms with Crippen LogP contribution in [-0.4, -0.2) is 41.0 Å². The third-order valence-electron chi connectivity index (χ3n) is 2.81. The molecule has 0 saturated carbocycles. The van der Waals surface area contributed by atoms with Crippen LogP contribution in [0.3, 0.4) is 0 Å². The zero-order valence-electron chi connectivity index (χ0n) is 11.3. The van der Waals surface area contributed by atoms with Gasteiger partial charge in [0, 0.05) is 6.54 Å². The summed E-state index contributed by atoms with van der Waals surface area (Å²) < 4.78 is 0. The molecule has 5 heteroatoms. The quantitative estimate of drug-likeness (QED) is 0.773. The fraction of sp³-hybridized carbons (Fsp3) is 0.429. The van der Waals surface area contributed by atoms with Gasteiger partial charge in [-0.05, 0) is 19.0 Å². The summed E-state index contributed by atoms with van der Waals surface area (Å²) in [6, 6.07) is 9.00. The van der Waals surface area contributed by atoms with Crippen LogP contribution >= 0.6 is 0 Å². The summed E-state index contributed by atoms with van der Waals surface area (Å²) in [5.41, 5.74) is 1.13. The molecular formula is C14H20N2O3. The lowest BCUT2D eigenvalue weighted by atomic mass is 10.2. The Bertz CT molecular complexity index is 420. The van der Waals surface area contributed by atoms with Gasteiger partial charge in [-0.25, -0.2) is 0 Å². The predicted molar refractivity (Wildman–Crippen MR) is 72.6 cm³/mol. The number of benzene rings is 1. The van der Waals surface area contributed by atoms with Crippen molar-refractivity contribution in [3.63, 3.8) is 0 Å². The fourth-order valence-corrected chi connectivity index (χ4v) is 1.67. The summed E-state index contributed by atoms with van der Waals surface area (Å²) in [6.45, 7) is 5.02. The van der Waals surface area contributed by atoms with E-state index in [1.54, 1.807) is 0 Å². The van der Waals surface area contributed by atoms with Gasteiger partial charge < -0.3 is 10.4 Å². The summed E-state index contributed by atoms with van der Waals surface area (Å²) in [5, 5.41) is 11.2. The summed E-state index contributed by atoms with van der Waals surface area (Å²) >= 11 is 0. The van der Waals surface area contributed by atoms with Crippen molar-refractivity contribution < 1.29 is 14.7 Å². The Kier molecular flexibility index (Phi) is 6.02. The number of carbonyl (C=O) groups excluding carboxylic acids is 1. The molecule has 0 aliphatic heterocycles. The van der Waals surface area contributed by atoms with E-state index in [1.807, 2.05) is 42.2 Å². The molecule has 19 heavy (non-hydrogen) atoms. The van der Waals surface area contributed by atoms with Crippen molar-refractivity contribution >= 4 is 11.9 Å². The maximum absolute atomic E-state index is 11.7. The lowest BCUT2D eigenvalue weighted by Crippen LogP contribution is -2.43. The van der Waals surface area contributed by atoms with Gasteiger partial charge in [-0.15, -0.1) is 0 Å². The highest BCUT2D eigenvalue weighted by molar-refractivity contribution is 5.84. The van der Waals surface area contributed by atoms with Crippen molar-refractivity contribution in [2.24, 2.45) is 0 Å². The molecule has 0 aliphatic rings. The molecule has 104 valence electrons. The van der Waals surface area contributed by atoms with Crippen molar-refractivity contribution in [2.75, 3.05) is 13.1 Å². The van der Waals surface area contributed by atoms with E-state index in [-0.39, 0.29) is 12.5 Å². The first-order chi connectivity index (χ1) is 9.02. The van der Waals surface area contributed by atoms with E-state index in [0.717, 1.165) is 12.1 Å². The molecule has 0 fully saturated rings. The Hall–Kier alpha value is -1.88. The molecule has 1 rings (SSSR count). The second-order valence-corrected chi connectivity index (χ2v) is 4.42. The van der Waals surface area contributed by atoms with E-state index in [9.17, 15) is 9.59 Å². The van der Waals surface area contributed by atoms with Gasteiger partial charge in [0.25, 0.3) is 0 Å². The van der Waals surface area contributed by atoms with Gasteiger partial charge in [-0.1, -0.05) is 37.3 Å². The zero-order valence-corrected chi connectivity index (χ0v) is 11.3. The number of aliphatic carboxylic acids is 1. The van der Waals surface area contributed by atoms with Gasteiger partial charge in [0.1, 0.15) is 6.04 Å². The fourth-order valence-electron chi connectivity index (χ4n) is 1.67. The van der Waals surface area contributed by atoms with Crippen LogP contribution < -0.4 is 5.32 Å². The Morgan fingerprint density at radius 2 is 1.95 bits per heavy atom. The number of carbonyl (C=O) groups is 2. The molecule has 1 aromatic rings. The Balaban J connectivity index is 2.48. The number of carboxylic acid groups (broad SMARTS) is 1. The lowest BCUT2D eigenvalue weighted by molar-refractivity contribution is -0.141. The zero-order chi connectivity index (χ0) is 14.3. The minimum absolute atomic E-state index is 0.197. The first kappa shape index (κ1) is 15.2. The monoisotopic (exact) mass is 264 g/mol. The molecule has 0 aromatic heterocycles. The maximum Gasteiger partial charge on any atom is 0.325 e. The van der Waals surface area contributed by atoms with E-state index >= 15 is 0 Å². The minimum atomic E-state index is -1.03. The summed E-state index contributed by atoms with van der Waals surface area (Å²) in [5.74, 6) is -1.30. The molecule has 1 atom stereocenters. The van der Waals surface area contributed by atoms with E-state index in [4.69, 9.17) is 5.11 Å². The average molecular weight is 264 g/mol. The lowest BCUT2D eigenvalue weighted by Gasteiger charge is -2.20. The van der Waals surface area contributed by atoms with Gasteiger partial charge >= 0.3 is 5.97 Å². The van der Waals surface area contributed by atoms with Crippen molar-refractivity contribution in [3.8, 4) is 0 Å². The van der Waals surface area contributed by atoms with Gasteiger partial charge in [-0.2, -0.15) is 0 Å². The molecule has 5 nitrogen and oxygen atoms in total. The molecule has 2 N–H and O–H groups in total. The minimum Gasteiger partial charge on any atom is -0.480 e. The maximum atomic E-state index is 11.7. The van der Waals surface area contributed by atoms with E-state index in [0.29, 0.717) is 6.54 Å². The Morgan fingerprint density at radius 1 is 1.32 bits per heavy atom. The number of hydrogen-bond acceptors (Lipinski definition) is 3. The Morgan fingerprint density at radius 3 is 2.47 bits per heavy atom. The number of rotatable bonds is 7. The first-order valence-electron chi connectivity index (χ1n) is 6.31. The van der Waals surface area contributed by atoms with Gasteiger partial charge in [0.15, 0.2) is 0 Å². The first-order valence-corrected chi connectivity index (χ1v) is 6.31. The molecule has 0 saturated heterocycles. The number of nitrogens with zero attached hydrogens (tertiary/aromatic N) is 1. The molecule has 0 spiro atoms. The van der Waals surface area contributed by atoms with Crippen LogP contribution in [0.25, 0.3) is 0 Å². The van der Waals surface area contributed by atoms with Crippen LogP contribution in [-0.2, 0) is 16.1 Å². The normalized spacial score (nSPS) is 12.2. The highest BCUT2D eigenvalue weighted by Gasteiger charge is 2.16. The number of carboxylic acids is 1. The van der Waals surface area contributed by atoms with E-state index < -0.39 is 12.0 Å². The van der Waals surface area contributed by atoms with Gasteiger partial charge in [0.05, 0.1) is 6.54 Å². The topological polar surface area (TPSA) is 69.6 Å². The van der Waals surface area contributed by atoms with Crippen molar-refractivity contribution in [1.82, 2.24) is 10.2 Å². The number of hydrogen-bond donors (Lipinski definition) is 2. The molecule has 1 aromatic carbocycles. The van der Waals surface area contributed by atoms with Crippen LogP contribution in [0.4, 0.5) is 0 Å². The molecule has 1 unspecified atom stereocenters. The second-order valence-electron chi connectivity index (χ2n) is 4.42. The van der Waals surface area contributed by atoms with Crippen LogP contribution in [0.5, 0.6) is 0 Å². The van der Waals surface area contributed by atoms with Crippen molar-refractivity contribution in [3.05, 3.63) is 35.9 Å². The molecule has 0 bridgehead atoms. The molecular weight excluding hydrogens is 244 g/mol. The van der Waals surface area contributed by atoms with Crippen LogP contribution in [0.2, 0.25) is 0 Å². The largest absolute Gasteiger partial charge is 0.480 e. The van der Waals surface area contributed by atoms with Gasteiger partial charge in [0.2, 0.25) is 5.91 Å². The molecule has 0 radical (unpaired) electrons. The number of amides is 1. The van der Waals surface area contributed by atoms with E-state index in [2.05, 4.69) is 5.32 Å². The SMILES string of the molecule is CCN(CC(=O)NC(C)C(=O)O)Cc1ccccc1. The smallest absolute Gasteiger partial charge is 0.325 e. The van der Waals surface area contributed by atoms with Crippen molar-refractivity contribution in [2.45, 2.75) is 26.4 Å². The second kappa shape index (κ2) is 7.53. The summed E-state index contributed by atoms with van der Waals surface area (Å²) in [6.07, 6.45) is 0. The molecule has 0 aliphatic carbocycles. The standard InChI is InChI=1S/C14H20N2O3/c1-3-16(9-12-7-5-4-6-8-12)10-13(17)15-11(2)14(18)19/h4-8,11H,3,9-10H2,1-2H3,(H,15,17)(H,18,19). The number of likely N-dealkylation sites (N-methyl/N-ethyl adjacent to an activating group) is 1. The van der Waals surface area contributed by atoms with Crippen LogP contribution in [0, 0.1) is 0 Å². The average Bonchev–Trinajstić information content (AvgIpc) is 2.38. The highest BCUT2D eigenvalue weighted by atomic mass is 16.4. The third-order valence-corrected chi connectivity index (χ3v) is 2.81. The predicted octanol–water partition coefficient (Wildman–Crippen LogP) is 1.10. The number of nitrogens with one attached hydrogen (secondary N) is 1. The van der Waals surface area contributed by atoms with Crippen molar-refractivity contribution in [1.29, 1.82) is 0 Å². The molecule has 1 amide bonds. The third kappa shape index (κ3) is 5.52. The van der Waals surface area contributed by atoms with Gasteiger partial charge in [-0.3, -0.25) is 14.5 Å². The van der Waals surface area contributed by atoms with Crippen LogP contribution in [0.1, 0.15) is 19.4 Å². The highest BCUT2D eigenvalue weighted by Crippen LogP contribution is 2.03. The Labute approximate surface area is 113 Å². The molecule has 0 heterocycles.